The summed E-state index contributed by atoms with van der Waals surface area (Å²) in [6.45, 7) is 10.6. The maximum Gasteiger partial charge on any atom is 0.427 e. The highest BCUT2D eigenvalue weighted by atomic mass is 16.6. The summed E-state index contributed by atoms with van der Waals surface area (Å²) in [4.78, 5) is 23.2. The summed E-state index contributed by atoms with van der Waals surface area (Å²) in [5.74, 6) is 2.66. The number of hydrogen-bond acceptors (Lipinski definition) is 5. The number of carbonyl (C=O) groups is 2. The van der Waals surface area contributed by atoms with Crippen molar-refractivity contribution in [3.63, 3.8) is 0 Å². The Morgan fingerprint density at radius 2 is 1.91 bits per heavy atom. The molecule has 6 nitrogen and oxygen atoms in total. The van der Waals surface area contributed by atoms with Crippen molar-refractivity contribution in [3.8, 4) is 0 Å². The average molecular weight is 445 g/mol. The van der Waals surface area contributed by atoms with Crippen molar-refractivity contribution in [3.05, 3.63) is 11.6 Å². The molecule has 4 aliphatic carbocycles. The van der Waals surface area contributed by atoms with Gasteiger partial charge in [-0.15, -0.1) is 0 Å². The van der Waals surface area contributed by atoms with Gasteiger partial charge in [-0.25, -0.2) is 10.2 Å². The highest BCUT2D eigenvalue weighted by Gasteiger charge is 2.59. The molecule has 4 rings (SSSR count). The van der Waals surface area contributed by atoms with E-state index >= 15 is 0 Å². The maximum atomic E-state index is 11.7. The lowest BCUT2D eigenvalue weighted by Crippen LogP contribution is -2.54. The van der Waals surface area contributed by atoms with Crippen LogP contribution in [0.3, 0.4) is 0 Å². The zero-order valence-corrected chi connectivity index (χ0v) is 20.4. The summed E-state index contributed by atoms with van der Waals surface area (Å²) in [5, 5.41) is 4.36. The summed E-state index contributed by atoms with van der Waals surface area (Å²) in [5.41, 5.74) is 5.24. The smallest absolute Gasteiger partial charge is 0.427 e. The van der Waals surface area contributed by atoms with Crippen LogP contribution in [0.1, 0.15) is 86.0 Å². The largest absolute Gasteiger partial charge is 0.463 e. The Morgan fingerprint density at radius 1 is 1.12 bits per heavy atom. The van der Waals surface area contributed by atoms with E-state index in [0.717, 1.165) is 36.8 Å². The molecule has 0 bridgehead atoms. The van der Waals surface area contributed by atoms with Crippen LogP contribution in [0.15, 0.2) is 16.8 Å². The minimum Gasteiger partial charge on any atom is -0.463 e. The Morgan fingerprint density at radius 3 is 2.62 bits per heavy atom. The lowest BCUT2D eigenvalue weighted by molar-refractivity contribution is -0.158. The first-order valence-corrected chi connectivity index (χ1v) is 12.5. The van der Waals surface area contributed by atoms with Crippen LogP contribution in [0, 0.1) is 34.5 Å². The van der Waals surface area contributed by atoms with Gasteiger partial charge >= 0.3 is 12.1 Å². The molecule has 0 saturated heterocycles. The fourth-order valence-corrected chi connectivity index (χ4v) is 8.04. The van der Waals surface area contributed by atoms with Gasteiger partial charge in [0.05, 0.1) is 12.3 Å². The molecule has 0 aromatic heterocycles. The van der Waals surface area contributed by atoms with Crippen molar-refractivity contribution in [1.29, 1.82) is 0 Å². The van der Waals surface area contributed by atoms with E-state index in [0.29, 0.717) is 23.9 Å². The number of ether oxygens (including phenoxy) is 2. The molecule has 6 heteroatoms. The predicted octanol–water partition coefficient (Wildman–Crippen LogP) is 5.62. The SMILES string of the molecule is CCOC(=O)NN=C(C)C1=CC[C@H]2[C@@H]3CC[C@H]4C[C@@H](OC(C)=O)CC[C@]4(C)[C@H]3CC[C@]12C. The van der Waals surface area contributed by atoms with Gasteiger partial charge in [-0.1, -0.05) is 19.9 Å². The molecule has 3 fully saturated rings. The lowest BCUT2D eigenvalue weighted by Gasteiger charge is -2.60. The summed E-state index contributed by atoms with van der Waals surface area (Å²) in [7, 11) is 0. The number of rotatable bonds is 4. The lowest BCUT2D eigenvalue weighted by atomic mass is 9.44. The molecule has 3 saturated carbocycles. The summed E-state index contributed by atoms with van der Waals surface area (Å²) < 4.78 is 10.5. The van der Waals surface area contributed by atoms with Crippen LogP contribution in [-0.2, 0) is 14.3 Å². The molecule has 32 heavy (non-hydrogen) atoms. The van der Waals surface area contributed by atoms with Crippen molar-refractivity contribution in [1.82, 2.24) is 5.43 Å². The highest BCUT2D eigenvalue weighted by Crippen LogP contribution is 2.66. The number of nitrogens with zero attached hydrogens (tertiary/aromatic N) is 1. The molecule has 178 valence electrons. The highest BCUT2D eigenvalue weighted by molar-refractivity contribution is 6.00. The van der Waals surface area contributed by atoms with Crippen molar-refractivity contribution < 1.29 is 19.1 Å². The summed E-state index contributed by atoms with van der Waals surface area (Å²) in [6.07, 6.45) is 11.3. The molecule has 0 aliphatic heterocycles. The van der Waals surface area contributed by atoms with Gasteiger partial charge in [0.2, 0.25) is 0 Å². The molecule has 0 heterocycles. The third kappa shape index (κ3) is 3.99. The van der Waals surface area contributed by atoms with Crippen LogP contribution in [0.4, 0.5) is 4.79 Å². The first-order valence-electron chi connectivity index (χ1n) is 12.5. The number of esters is 1. The minimum absolute atomic E-state index is 0.112. The molecule has 1 amide bonds. The van der Waals surface area contributed by atoms with E-state index in [1.165, 1.54) is 44.6 Å². The van der Waals surface area contributed by atoms with Gasteiger partial charge in [0.1, 0.15) is 6.10 Å². The first kappa shape index (κ1) is 23.3. The fraction of sp³-hybridized carbons (Fsp3) is 0.808. The number of allylic oxidation sites excluding steroid dienone is 2. The second kappa shape index (κ2) is 8.83. The summed E-state index contributed by atoms with van der Waals surface area (Å²) >= 11 is 0. The third-order valence-corrected chi connectivity index (χ3v) is 9.51. The van der Waals surface area contributed by atoms with Crippen molar-refractivity contribution in [2.75, 3.05) is 6.61 Å². The Labute approximate surface area is 192 Å². The molecule has 0 unspecified atom stereocenters. The van der Waals surface area contributed by atoms with E-state index in [4.69, 9.17) is 9.47 Å². The van der Waals surface area contributed by atoms with Crippen molar-refractivity contribution in [2.45, 2.75) is 92.1 Å². The topological polar surface area (TPSA) is 77.0 Å². The molecule has 0 radical (unpaired) electrons. The van der Waals surface area contributed by atoms with E-state index in [2.05, 4.69) is 30.5 Å². The predicted molar refractivity (Wildman–Crippen MR) is 124 cm³/mol. The number of amides is 1. The fourth-order valence-electron chi connectivity index (χ4n) is 8.04. The van der Waals surface area contributed by atoms with Gasteiger partial charge in [0.15, 0.2) is 0 Å². The van der Waals surface area contributed by atoms with Gasteiger partial charge < -0.3 is 9.47 Å². The molecule has 0 aromatic rings. The number of carbonyl (C=O) groups excluding carboxylic acids is 2. The Hall–Kier alpha value is -1.85. The van der Waals surface area contributed by atoms with Gasteiger partial charge in [0.25, 0.3) is 0 Å². The standard InChI is InChI=1S/C26H40N2O4/c1-6-31-24(30)28-27-16(2)21-9-10-22-20-8-7-18-15-19(32-17(3)29)11-13-25(18,4)23(20)12-14-26(21,22)5/h9,18-20,22-23H,6-8,10-15H2,1-5H3,(H,28,30)/t18-,19-,20-,22-,23-,25-,26+/m0/s1. The zero-order valence-electron chi connectivity index (χ0n) is 20.4. The van der Waals surface area contributed by atoms with Gasteiger partial charge in [-0.05, 0) is 105 Å². The van der Waals surface area contributed by atoms with E-state index in [9.17, 15) is 9.59 Å². The van der Waals surface area contributed by atoms with Crippen LogP contribution in [0.5, 0.6) is 0 Å². The second-order valence-electron chi connectivity index (χ2n) is 11.0. The van der Waals surface area contributed by atoms with Crippen LogP contribution < -0.4 is 5.43 Å². The Balaban J connectivity index is 1.47. The van der Waals surface area contributed by atoms with Crippen LogP contribution in [0.2, 0.25) is 0 Å². The Bertz CT molecular complexity index is 821. The number of nitrogens with one attached hydrogen (secondary N) is 1. The van der Waals surface area contributed by atoms with E-state index in [-0.39, 0.29) is 17.5 Å². The van der Waals surface area contributed by atoms with E-state index in [1.807, 2.05) is 6.92 Å². The monoisotopic (exact) mass is 444 g/mol. The Kier molecular flexibility index (Phi) is 6.43. The molecular weight excluding hydrogens is 404 g/mol. The van der Waals surface area contributed by atoms with Crippen LogP contribution in [0.25, 0.3) is 0 Å². The number of hydrogen-bond donors (Lipinski definition) is 1. The minimum atomic E-state index is -0.494. The van der Waals surface area contributed by atoms with Gasteiger partial charge in [-0.3, -0.25) is 4.79 Å². The third-order valence-electron chi connectivity index (χ3n) is 9.51. The van der Waals surface area contributed by atoms with Crippen molar-refractivity contribution in [2.24, 2.45) is 39.6 Å². The quantitative estimate of drug-likeness (QED) is 0.347. The molecule has 7 atom stereocenters. The summed E-state index contributed by atoms with van der Waals surface area (Å²) in [6, 6.07) is 0. The average Bonchev–Trinajstić information content (AvgIpc) is 3.09. The van der Waals surface area contributed by atoms with Crippen LogP contribution in [-0.4, -0.2) is 30.5 Å². The maximum absolute atomic E-state index is 11.7. The van der Waals surface area contributed by atoms with Gasteiger partial charge in [-0.2, -0.15) is 5.10 Å². The first-order chi connectivity index (χ1) is 15.2. The second-order valence-corrected chi connectivity index (χ2v) is 11.0. The van der Waals surface area contributed by atoms with E-state index < -0.39 is 6.09 Å². The van der Waals surface area contributed by atoms with E-state index in [1.54, 1.807) is 6.92 Å². The number of hydrazone groups is 1. The molecule has 0 aromatic carbocycles. The molecule has 1 N–H and O–H groups in total. The molecule has 4 aliphatic rings. The normalized spacial score (nSPS) is 41.0. The van der Waals surface area contributed by atoms with Gasteiger partial charge in [0, 0.05) is 6.92 Å². The molecular formula is C26H40N2O4. The zero-order chi connectivity index (χ0) is 23.1. The van der Waals surface area contributed by atoms with Crippen LogP contribution >= 0.6 is 0 Å². The number of fused-ring (bicyclic) bond motifs is 5. The molecule has 0 spiro atoms. The van der Waals surface area contributed by atoms with Crippen molar-refractivity contribution >= 4 is 17.8 Å².